The minimum absolute atomic E-state index is 0.00501. The first-order chi connectivity index (χ1) is 21.9. The second-order valence-electron chi connectivity index (χ2n) is 12.2. The number of hydrogen-bond donors (Lipinski definition) is 3. The van der Waals surface area contributed by atoms with E-state index < -0.39 is 21.5 Å². The van der Waals surface area contributed by atoms with Gasteiger partial charge in [-0.3, -0.25) is 9.59 Å². The zero-order valence-electron chi connectivity index (χ0n) is 26.2. The number of nitrogens with zero attached hydrogens (tertiary/aromatic N) is 3. The third-order valence-electron chi connectivity index (χ3n) is 8.36. The van der Waals surface area contributed by atoms with E-state index in [0.29, 0.717) is 43.5 Å². The van der Waals surface area contributed by atoms with Crippen LogP contribution in [-0.2, 0) is 26.2 Å². The van der Waals surface area contributed by atoms with E-state index in [4.69, 9.17) is 27.9 Å². The van der Waals surface area contributed by atoms with Gasteiger partial charge in [0.25, 0.3) is 0 Å². The number of rotatable bonds is 10. The highest BCUT2D eigenvalue weighted by Crippen LogP contribution is 2.34. The molecule has 0 atom stereocenters. The van der Waals surface area contributed by atoms with Crippen molar-refractivity contribution in [3.63, 3.8) is 0 Å². The van der Waals surface area contributed by atoms with Crippen LogP contribution in [0.5, 0.6) is 5.75 Å². The van der Waals surface area contributed by atoms with Gasteiger partial charge in [-0.05, 0) is 71.0 Å². The van der Waals surface area contributed by atoms with Gasteiger partial charge >= 0.3 is 0 Å². The zero-order valence-corrected chi connectivity index (χ0v) is 28.6. The average molecular weight is 692 g/mol. The Morgan fingerprint density at radius 3 is 2.43 bits per heavy atom. The molecule has 3 N–H and O–H groups in total. The first kappa shape index (κ1) is 34.3. The molecule has 2 aliphatic rings. The number of para-hydroxylation sites is 1. The molecule has 2 saturated heterocycles. The molecule has 46 heavy (non-hydrogen) atoms. The van der Waals surface area contributed by atoms with Crippen molar-refractivity contribution in [1.82, 2.24) is 30.1 Å². The lowest BCUT2D eigenvalue weighted by Crippen LogP contribution is -2.60. The Hall–Kier alpha value is -3.00. The number of ether oxygens (including phenoxy) is 1. The van der Waals surface area contributed by atoms with Crippen LogP contribution in [0.3, 0.4) is 0 Å². The molecule has 248 valence electrons. The normalized spacial score (nSPS) is 16.5. The monoisotopic (exact) mass is 690 g/mol. The van der Waals surface area contributed by atoms with Gasteiger partial charge in [0, 0.05) is 53.9 Å². The summed E-state index contributed by atoms with van der Waals surface area (Å²) < 4.78 is 35.8. The molecule has 14 heteroatoms. The molecular weight excluding hydrogens is 651 g/mol. The third-order valence-corrected chi connectivity index (χ3v) is 11.0. The summed E-state index contributed by atoms with van der Waals surface area (Å²) >= 11 is 13.1. The Bertz CT molecular complexity index is 1710. The van der Waals surface area contributed by atoms with Crippen LogP contribution in [0.2, 0.25) is 10.0 Å². The summed E-state index contributed by atoms with van der Waals surface area (Å²) in [7, 11) is -4.27. The molecule has 1 aromatic heterocycles. The average Bonchev–Trinajstić information content (AvgIpc) is 3.03. The molecule has 2 amide bonds. The summed E-state index contributed by atoms with van der Waals surface area (Å²) in [6.07, 6.45) is 1.97. The predicted octanol–water partition coefficient (Wildman–Crippen LogP) is 3.50. The van der Waals surface area contributed by atoms with E-state index >= 15 is 0 Å². The van der Waals surface area contributed by atoms with Crippen molar-refractivity contribution in [3.05, 3.63) is 63.8 Å². The van der Waals surface area contributed by atoms with Crippen LogP contribution in [-0.4, -0.2) is 92.4 Å². The lowest BCUT2D eigenvalue weighted by atomic mass is 10.0. The second kappa shape index (κ2) is 14.4. The number of piperazine rings is 1. The minimum atomic E-state index is -4.27. The van der Waals surface area contributed by atoms with Crippen molar-refractivity contribution >= 4 is 55.9 Å². The maximum atomic E-state index is 13.6. The van der Waals surface area contributed by atoms with E-state index in [-0.39, 0.29) is 39.6 Å². The van der Waals surface area contributed by atoms with Gasteiger partial charge < -0.3 is 25.2 Å². The molecule has 0 unspecified atom stereocenters. The van der Waals surface area contributed by atoms with Crippen LogP contribution >= 0.6 is 23.2 Å². The minimum Gasteiger partial charge on any atom is -0.487 e. The van der Waals surface area contributed by atoms with Gasteiger partial charge in [0.05, 0.1) is 11.6 Å². The van der Waals surface area contributed by atoms with Crippen molar-refractivity contribution in [2.45, 2.75) is 56.7 Å². The highest BCUT2D eigenvalue weighted by atomic mass is 35.5. The molecule has 2 fully saturated rings. The van der Waals surface area contributed by atoms with Crippen LogP contribution in [0.4, 0.5) is 0 Å². The number of aromatic nitrogens is 1. The lowest BCUT2D eigenvalue weighted by molar-refractivity contribution is -0.142. The summed E-state index contributed by atoms with van der Waals surface area (Å²) in [6.45, 7) is 8.29. The van der Waals surface area contributed by atoms with E-state index in [1.165, 1.54) is 26.0 Å². The smallest absolute Gasteiger partial charge is 0.243 e. The van der Waals surface area contributed by atoms with Crippen LogP contribution in [0.25, 0.3) is 10.9 Å². The Balaban J connectivity index is 1.22. The number of benzene rings is 2. The molecule has 0 radical (unpaired) electrons. The number of sulfonamides is 1. The van der Waals surface area contributed by atoms with Crippen LogP contribution in [0.1, 0.15) is 37.9 Å². The Morgan fingerprint density at radius 1 is 1.02 bits per heavy atom. The quantitative estimate of drug-likeness (QED) is 0.295. The van der Waals surface area contributed by atoms with Crippen LogP contribution in [0.15, 0.2) is 47.4 Å². The summed E-state index contributed by atoms with van der Waals surface area (Å²) in [5.41, 5.74) is 0.287. The van der Waals surface area contributed by atoms with Gasteiger partial charge in [0.1, 0.15) is 28.3 Å². The first-order valence-corrected chi connectivity index (χ1v) is 17.6. The van der Waals surface area contributed by atoms with Crippen LogP contribution < -0.4 is 20.1 Å². The molecular formula is C32H40Cl2N6O5S. The maximum absolute atomic E-state index is 13.6. The lowest BCUT2D eigenvalue weighted by Gasteiger charge is -2.39. The van der Waals surface area contributed by atoms with E-state index in [0.717, 1.165) is 37.0 Å². The Kier molecular flexibility index (Phi) is 10.8. The molecule has 2 aliphatic heterocycles. The van der Waals surface area contributed by atoms with Crippen molar-refractivity contribution in [1.29, 1.82) is 0 Å². The van der Waals surface area contributed by atoms with Gasteiger partial charge in [0.15, 0.2) is 0 Å². The predicted molar refractivity (Wildman–Crippen MR) is 179 cm³/mol. The number of halogens is 2. The number of piperidine rings is 1. The molecule has 11 nitrogen and oxygen atoms in total. The van der Waals surface area contributed by atoms with E-state index in [2.05, 4.69) is 20.3 Å². The van der Waals surface area contributed by atoms with Gasteiger partial charge in [-0.15, -0.1) is 0 Å². The number of pyridine rings is 1. The maximum Gasteiger partial charge on any atom is 0.243 e. The summed E-state index contributed by atoms with van der Waals surface area (Å²) in [5.74, 6) is 0.101. The van der Waals surface area contributed by atoms with E-state index in [1.807, 2.05) is 31.2 Å². The molecule has 0 saturated carbocycles. The molecule has 2 aromatic carbocycles. The zero-order chi connectivity index (χ0) is 33.1. The summed E-state index contributed by atoms with van der Waals surface area (Å²) in [4.78, 5) is 34.0. The fraction of sp³-hybridized carbons (Fsp3) is 0.469. The van der Waals surface area contributed by atoms with Gasteiger partial charge in [-0.2, -0.15) is 4.72 Å². The fourth-order valence-corrected chi connectivity index (χ4v) is 8.02. The molecule has 3 aromatic rings. The Labute approximate surface area is 280 Å². The topological polar surface area (TPSA) is 133 Å². The van der Waals surface area contributed by atoms with Crippen molar-refractivity contribution in [2.24, 2.45) is 0 Å². The van der Waals surface area contributed by atoms with Gasteiger partial charge in [-0.1, -0.05) is 41.4 Å². The van der Waals surface area contributed by atoms with Crippen molar-refractivity contribution in [2.75, 3.05) is 45.8 Å². The third kappa shape index (κ3) is 7.92. The molecule has 0 spiro atoms. The number of fused-ring (bicyclic) bond motifs is 1. The highest BCUT2D eigenvalue weighted by molar-refractivity contribution is 7.89. The number of amides is 2. The largest absolute Gasteiger partial charge is 0.487 e. The number of carbonyl (C=O) groups is 2. The SMILES string of the molecule is Cc1ccc2cccc(OCc3c(Cl)ccc(S(=O)(=O)NC(C)(C)C(=O)N4CCN(C(=O)CNC5CCNCC5)CC4)c3Cl)c2n1. The molecule has 3 heterocycles. The summed E-state index contributed by atoms with van der Waals surface area (Å²) in [6, 6.07) is 12.5. The first-order valence-electron chi connectivity index (χ1n) is 15.4. The van der Waals surface area contributed by atoms with Crippen molar-refractivity contribution < 1.29 is 22.7 Å². The van der Waals surface area contributed by atoms with E-state index in [9.17, 15) is 18.0 Å². The number of carbonyl (C=O) groups excluding carboxylic acids is 2. The van der Waals surface area contributed by atoms with Crippen molar-refractivity contribution in [3.8, 4) is 5.75 Å². The highest BCUT2D eigenvalue weighted by Gasteiger charge is 2.39. The van der Waals surface area contributed by atoms with Gasteiger partial charge in [0.2, 0.25) is 21.8 Å². The number of aryl methyl sites for hydroxylation is 1. The van der Waals surface area contributed by atoms with Gasteiger partial charge in [-0.25, -0.2) is 13.4 Å². The molecule has 5 rings (SSSR count). The molecule has 0 aliphatic carbocycles. The number of nitrogens with one attached hydrogen (secondary N) is 3. The number of hydrogen-bond acceptors (Lipinski definition) is 8. The molecule has 0 bridgehead atoms. The fourth-order valence-electron chi connectivity index (χ4n) is 5.76. The van der Waals surface area contributed by atoms with Crippen LogP contribution in [0, 0.1) is 6.92 Å². The second-order valence-corrected chi connectivity index (χ2v) is 14.7. The summed E-state index contributed by atoms with van der Waals surface area (Å²) in [5, 5.41) is 7.68. The van der Waals surface area contributed by atoms with E-state index in [1.54, 1.807) is 15.9 Å². The Morgan fingerprint density at radius 2 is 1.72 bits per heavy atom. The standard InChI is InChI=1S/C32H40Cl2N6O5S/c1-21-7-8-22-5-4-6-26(30(22)37-21)45-20-24-25(33)9-10-27(29(24)34)46(43,44)38-32(2,3)31(42)40-17-15-39(16-18-40)28(41)19-36-23-11-13-35-14-12-23/h4-10,23,35-36,38H,11-20H2,1-3H3.